The molecule has 0 fully saturated rings. The Morgan fingerprint density at radius 1 is 1.11 bits per heavy atom. The number of benzene rings is 1. The number of halogens is 1. The van der Waals surface area contributed by atoms with Crippen LogP contribution in [0.4, 0.5) is 10.1 Å². The zero-order valence-corrected chi connectivity index (χ0v) is 19.2. The molecule has 0 spiro atoms. The van der Waals surface area contributed by atoms with Gasteiger partial charge in [0.05, 0.1) is 13.0 Å². The van der Waals surface area contributed by atoms with Crippen LogP contribution >= 0.6 is 0 Å². The van der Waals surface area contributed by atoms with E-state index in [-0.39, 0.29) is 31.7 Å². The number of nitrogens with one attached hydrogen (secondary N) is 2. The Morgan fingerprint density at radius 2 is 1.83 bits per heavy atom. The molecular formula is C24H28FN3O7. The zero-order valence-electron chi connectivity index (χ0n) is 19.2. The van der Waals surface area contributed by atoms with Crippen molar-refractivity contribution >= 4 is 29.3 Å². The summed E-state index contributed by atoms with van der Waals surface area (Å²) in [5, 5.41) is 13.7. The van der Waals surface area contributed by atoms with Crippen LogP contribution in [-0.4, -0.2) is 52.6 Å². The highest BCUT2D eigenvalue weighted by Crippen LogP contribution is 2.14. The molecule has 10 nitrogen and oxygen atoms in total. The number of hydrogen-bond donors (Lipinski definition) is 3. The third kappa shape index (κ3) is 8.45. The van der Waals surface area contributed by atoms with Gasteiger partial charge in [0.15, 0.2) is 5.78 Å². The summed E-state index contributed by atoms with van der Waals surface area (Å²) in [5.41, 5.74) is 0.165. The molecule has 0 aliphatic carbocycles. The molecule has 11 heteroatoms. The standard InChI is InChI=1S/C24H28FN3O7/c1-2-21(30)26-17-9-6-11-28(24(17)34)19(10-12-35-15-16-7-4-3-5-8-16)23(33)27-18(13-22(31)32)20(29)14-25/h3-9,11,18-19H,2,10,12-15H2,1H3,(H,26,30)(H,27,33)(H,31,32)/t18-,19+/m1/s1. The van der Waals surface area contributed by atoms with Crippen LogP contribution in [0.3, 0.4) is 0 Å². The Labute approximate surface area is 201 Å². The Balaban J connectivity index is 2.27. The average Bonchev–Trinajstić information content (AvgIpc) is 2.85. The van der Waals surface area contributed by atoms with Crippen molar-refractivity contribution < 1.29 is 33.4 Å². The van der Waals surface area contributed by atoms with E-state index >= 15 is 0 Å². The fourth-order valence-electron chi connectivity index (χ4n) is 3.23. The number of anilines is 1. The smallest absolute Gasteiger partial charge is 0.305 e. The zero-order chi connectivity index (χ0) is 25.8. The lowest BCUT2D eigenvalue weighted by atomic mass is 10.1. The SMILES string of the molecule is CCC(=O)Nc1cccn([C@@H](CCOCc2ccccc2)C(=O)N[C@H](CC(=O)O)C(=O)CF)c1=O. The van der Waals surface area contributed by atoms with E-state index in [0.29, 0.717) is 0 Å². The number of carbonyl (C=O) groups excluding carboxylic acids is 3. The topological polar surface area (TPSA) is 144 Å². The van der Waals surface area contributed by atoms with Gasteiger partial charge in [-0.2, -0.15) is 0 Å². The summed E-state index contributed by atoms with van der Waals surface area (Å²) in [7, 11) is 0. The first kappa shape index (κ1) is 27.4. The number of ether oxygens (including phenoxy) is 1. The number of carbonyl (C=O) groups is 4. The minimum absolute atomic E-state index is 0.0205. The maximum absolute atomic E-state index is 13.1. The highest BCUT2D eigenvalue weighted by Gasteiger charge is 2.29. The van der Waals surface area contributed by atoms with Crippen LogP contribution in [0.1, 0.15) is 37.8 Å². The summed E-state index contributed by atoms with van der Waals surface area (Å²) < 4.78 is 19.6. The van der Waals surface area contributed by atoms with E-state index in [9.17, 15) is 28.4 Å². The van der Waals surface area contributed by atoms with Gasteiger partial charge in [0, 0.05) is 25.6 Å². The minimum Gasteiger partial charge on any atom is -0.481 e. The molecule has 1 aromatic heterocycles. The Bertz CT molecular complexity index is 1090. The van der Waals surface area contributed by atoms with Crippen molar-refractivity contribution in [3.8, 4) is 0 Å². The molecule has 0 aliphatic heterocycles. The molecule has 1 aromatic carbocycles. The number of nitrogens with zero attached hydrogens (tertiary/aromatic N) is 1. The van der Waals surface area contributed by atoms with Crippen LogP contribution in [0.15, 0.2) is 53.5 Å². The van der Waals surface area contributed by atoms with Crippen molar-refractivity contribution in [1.82, 2.24) is 9.88 Å². The van der Waals surface area contributed by atoms with Gasteiger partial charge in [-0.25, -0.2) is 4.39 Å². The molecule has 0 saturated heterocycles. The van der Waals surface area contributed by atoms with E-state index in [1.165, 1.54) is 18.3 Å². The number of alkyl halides is 1. The summed E-state index contributed by atoms with van der Waals surface area (Å²) in [6, 6.07) is 9.27. The van der Waals surface area contributed by atoms with E-state index in [1.54, 1.807) is 6.92 Å². The van der Waals surface area contributed by atoms with Gasteiger partial charge in [-0.1, -0.05) is 37.3 Å². The molecule has 2 aromatic rings. The van der Waals surface area contributed by atoms with Crippen LogP contribution in [0.5, 0.6) is 0 Å². The van der Waals surface area contributed by atoms with Crippen molar-refractivity contribution in [2.45, 2.75) is 44.9 Å². The summed E-state index contributed by atoms with van der Waals surface area (Å²) in [5.74, 6) is -3.76. The summed E-state index contributed by atoms with van der Waals surface area (Å²) >= 11 is 0. The van der Waals surface area contributed by atoms with Gasteiger partial charge in [0.25, 0.3) is 5.56 Å². The first-order chi connectivity index (χ1) is 16.8. The van der Waals surface area contributed by atoms with E-state index in [0.717, 1.165) is 10.1 Å². The second-order valence-electron chi connectivity index (χ2n) is 7.64. The van der Waals surface area contributed by atoms with Crippen LogP contribution in [0.25, 0.3) is 0 Å². The summed E-state index contributed by atoms with van der Waals surface area (Å²) in [6.45, 7) is 0.438. The number of rotatable bonds is 14. The maximum atomic E-state index is 13.1. The molecule has 188 valence electrons. The molecule has 0 aliphatic rings. The average molecular weight is 490 g/mol. The molecule has 0 unspecified atom stereocenters. The predicted molar refractivity (Wildman–Crippen MR) is 125 cm³/mol. The molecule has 2 rings (SSSR count). The first-order valence-corrected chi connectivity index (χ1v) is 11.0. The lowest BCUT2D eigenvalue weighted by Gasteiger charge is -2.23. The number of Topliss-reactive ketones (excluding diaryl/α,β-unsaturated/α-hetero) is 1. The molecule has 2 amide bonds. The largest absolute Gasteiger partial charge is 0.481 e. The number of pyridine rings is 1. The number of aromatic nitrogens is 1. The van der Waals surface area contributed by atoms with Gasteiger partial charge in [-0.3, -0.25) is 24.0 Å². The quantitative estimate of drug-likeness (QED) is 0.344. The van der Waals surface area contributed by atoms with Crippen LogP contribution in [-0.2, 0) is 30.5 Å². The van der Waals surface area contributed by atoms with Gasteiger partial charge in [-0.05, 0) is 17.7 Å². The second-order valence-corrected chi connectivity index (χ2v) is 7.64. The minimum atomic E-state index is -1.60. The highest BCUT2D eigenvalue weighted by molar-refractivity contribution is 5.93. The van der Waals surface area contributed by atoms with E-state index in [2.05, 4.69) is 10.6 Å². The van der Waals surface area contributed by atoms with Crippen LogP contribution in [0.2, 0.25) is 0 Å². The number of carboxylic acid groups (broad SMARTS) is 1. The fraction of sp³-hybridized carbons (Fsp3) is 0.375. The van der Waals surface area contributed by atoms with E-state index in [1.807, 2.05) is 30.3 Å². The normalized spacial score (nSPS) is 12.4. The number of hydrogen-bond acceptors (Lipinski definition) is 6. The van der Waals surface area contributed by atoms with Gasteiger partial charge in [-0.15, -0.1) is 0 Å². The van der Waals surface area contributed by atoms with E-state index < -0.39 is 54.3 Å². The maximum Gasteiger partial charge on any atom is 0.305 e. The highest BCUT2D eigenvalue weighted by atomic mass is 19.1. The van der Waals surface area contributed by atoms with E-state index in [4.69, 9.17) is 9.84 Å². The molecule has 1 heterocycles. The summed E-state index contributed by atoms with van der Waals surface area (Å²) in [4.78, 5) is 60.8. The Hall–Kier alpha value is -3.86. The van der Waals surface area contributed by atoms with Crippen molar-refractivity contribution in [3.63, 3.8) is 0 Å². The summed E-state index contributed by atoms with van der Waals surface area (Å²) in [6.07, 6.45) is 0.628. The Morgan fingerprint density at radius 3 is 2.46 bits per heavy atom. The molecule has 0 radical (unpaired) electrons. The number of aliphatic carboxylic acids is 1. The van der Waals surface area contributed by atoms with Gasteiger partial charge in [0.2, 0.25) is 11.8 Å². The third-order valence-electron chi connectivity index (χ3n) is 5.07. The molecule has 35 heavy (non-hydrogen) atoms. The molecule has 0 saturated carbocycles. The fourth-order valence-corrected chi connectivity index (χ4v) is 3.23. The molecule has 0 bridgehead atoms. The van der Waals surface area contributed by atoms with Gasteiger partial charge in [0.1, 0.15) is 24.4 Å². The molecule has 2 atom stereocenters. The lowest BCUT2D eigenvalue weighted by molar-refractivity contribution is -0.140. The van der Waals surface area contributed by atoms with Crippen LogP contribution in [0, 0.1) is 0 Å². The number of ketones is 1. The number of carboxylic acids is 1. The van der Waals surface area contributed by atoms with Crippen molar-refractivity contribution in [3.05, 3.63) is 64.6 Å². The van der Waals surface area contributed by atoms with Crippen LogP contribution < -0.4 is 16.2 Å². The van der Waals surface area contributed by atoms with Crippen molar-refractivity contribution in [1.29, 1.82) is 0 Å². The van der Waals surface area contributed by atoms with Crippen molar-refractivity contribution in [2.24, 2.45) is 0 Å². The van der Waals surface area contributed by atoms with Crippen molar-refractivity contribution in [2.75, 3.05) is 18.6 Å². The second kappa shape index (κ2) is 13.8. The molecular weight excluding hydrogens is 461 g/mol. The first-order valence-electron chi connectivity index (χ1n) is 11.0. The number of amides is 2. The third-order valence-corrected chi connectivity index (χ3v) is 5.07. The van der Waals surface area contributed by atoms with Gasteiger partial charge < -0.3 is 25.0 Å². The lowest BCUT2D eigenvalue weighted by Crippen LogP contribution is -2.47. The van der Waals surface area contributed by atoms with Gasteiger partial charge >= 0.3 is 5.97 Å². The molecule has 3 N–H and O–H groups in total. The Kier molecular flexibility index (Phi) is 10.8. The monoisotopic (exact) mass is 489 g/mol. The predicted octanol–water partition coefficient (Wildman–Crippen LogP) is 1.84.